The summed E-state index contributed by atoms with van der Waals surface area (Å²) >= 11 is 0. The van der Waals surface area contributed by atoms with Crippen molar-refractivity contribution >= 4 is 23.0 Å². The second-order valence-electron chi connectivity index (χ2n) is 7.47. The van der Waals surface area contributed by atoms with Gasteiger partial charge in [0.05, 0.1) is 0 Å². The lowest BCUT2D eigenvalue weighted by molar-refractivity contribution is 0.438. The van der Waals surface area contributed by atoms with Crippen LogP contribution < -0.4 is 15.5 Å². The summed E-state index contributed by atoms with van der Waals surface area (Å²) in [4.78, 5) is 11.1. The summed E-state index contributed by atoms with van der Waals surface area (Å²) in [6.07, 6.45) is 4.14. The summed E-state index contributed by atoms with van der Waals surface area (Å²) in [7, 11) is 0. The van der Waals surface area contributed by atoms with Crippen molar-refractivity contribution in [2.45, 2.75) is 26.3 Å². The molecule has 1 saturated heterocycles. The Kier molecular flexibility index (Phi) is 5.71. The molecule has 2 aromatic carbocycles. The molecule has 0 amide bonds. The molecule has 0 saturated carbocycles. The van der Waals surface area contributed by atoms with Crippen LogP contribution in [0.2, 0.25) is 0 Å². The van der Waals surface area contributed by atoms with Crippen LogP contribution in [-0.2, 0) is 6.54 Å². The highest BCUT2D eigenvalue weighted by atomic mass is 15.1. The van der Waals surface area contributed by atoms with E-state index in [2.05, 4.69) is 68.8 Å². The highest BCUT2D eigenvalue weighted by Crippen LogP contribution is 2.25. The van der Waals surface area contributed by atoms with Crippen molar-refractivity contribution in [2.24, 2.45) is 5.92 Å². The molecule has 0 atom stereocenters. The van der Waals surface area contributed by atoms with E-state index in [0.29, 0.717) is 0 Å². The molecule has 5 nitrogen and oxygen atoms in total. The van der Waals surface area contributed by atoms with E-state index in [1.54, 1.807) is 6.33 Å². The maximum absolute atomic E-state index is 4.34. The lowest BCUT2D eigenvalue weighted by Gasteiger charge is -2.32. The highest BCUT2D eigenvalue weighted by molar-refractivity contribution is 5.62. The van der Waals surface area contributed by atoms with Crippen LogP contribution in [-0.4, -0.2) is 23.1 Å². The third-order valence-electron chi connectivity index (χ3n) is 5.27. The molecule has 0 bridgehead atoms. The van der Waals surface area contributed by atoms with Gasteiger partial charge in [0.2, 0.25) is 0 Å². The third-order valence-corrected chi connectivity index (χ3v) is 5.27. The molecule has 144 valence electrons. The fourth-order valence-electron chi connectivity index (χ4n) is 3.48. The van der Waals surface area contributed by atoms with Crippen molar-refractivity contribution < 1.29 is 0 Å². The summed E-state index contributed by atoms with van der Waals surface area (Å²) in [5, 5.41) is 6.72. The molecule has 0 unspecified atom stereocenters. The molecule has 2 heterocycles. The first kappa shape index (κ1) is 18.3. The lowest BCUT2D eigenvalue weighted by atomic mass is 9.99. The Morgan fingerprint density at radius 1 is 0.929 bits per heavy atom. The summed E-state index contributed by atoms with van der Waals surface area (Å²) in [5.41, 5.74) is 3.55. The molecule has 5 heteroatoms. The van der Waals surface area contributed by atoms with E-state index in [4.69, 9.17) is 0 Å². The molecule has 28 heavy (non-hydrogen) atoms. The van der Waals surface area contributed by atoms with Crippen LogP contribution in [0.5, 0.6) is 0 Å². The first-order chi connectivity index (χ1) is 13.8. The van der Waals surface area contributed by atoms with Crippen LogP contribution in [0.3, 0.4) is 0 Å². The van der Waals surface area contributed by atoms with E-state index in [1.165, 1.54) is 24.1 Å². The maximum atomic E-state index is 4.34. The maximum Gasteiger partial charge on any atom is 0.135 e. The van der Waals surface area contributed by atoms with Crippen LogP contribution in [0, 0.1) is 5.92 Å². The van der Waals surface area contributed by atoms with Gasteiger partial charge in [-0.15, -0.1) is 0 Å². The van der Waals surface area contributed by atoms with E-state index < -0.39 is 0 Å². The number of rotatable bonds is 6. The predicted molar refractivity (Wildman–Crippen MR) is 116 cm³/mol. The number of hydrogen-bond acceptors (Lipinski definition) is 5. The number of nitrogens with zero attached hydrogens (tertiary/aromatic N) is 3. The molecule has 1 aliphatic rings. The normalized spacial score (nSPS) is 14.7. The molecule has 1 aliphatic heterocycles. The molecular formula is C23H27N5. The van der Waals surface area contributed by atoms with Crippen molar-refractivity contribution in [2.75, 3.05) is 28.6 Å². The van der Waals surface area contributed by atoms with E-state index >= 15 is 0 Å². The van der Waals surface area contributed by atoms with Gasteiger partial charge in [0, 0.05) is 37.1 Å². The lowest BCUT2D eigenvalue weighted by Crippen LogP contribution is -2.32. The van der Waals surface area contributed by atoms with E-state index in [-0.39, 0.29) is 0 Å². The molecule has 0 aliphatic carbocycles. The summed E-state index contributed by atoms with van der Waals surface area (Å²) in [5.74, 6) is 2.44. The molecule has 0 radical (unpaired) electrons. The van der Waals surface area contributed by atoms with Crippen LogP contribution in [0.15, 0.2) is 67.0 Å². The number of aromatic nitrogens is 2. The Morgan fingerprint density at radius 2 is 1.64 bits per heavy atom. The Morgan fingerprint density at radius 3 is 2.39 bits per heavy atom. The van der Waals surface area contributed by atoms with Crippen molar-refractivity contribution in [1.82, 2.24) is 9.97 Å². The number of hydrogen-bond donors (Lipinski definition) is 2. The number of benzene rings is 2. The standard InChI is InChI=1S/C23H27N5/c1-18-11-13-28(14-12-18)21-9-7-20(8-10-21)27-23-15-22(25-17-26-23)24-16-19-5-3-2-4-6-19/h2-10,15,17-18H,11-14,16H2,1H3,(H2,24,25,26,27). The van der Waals surface area contributed by atoms with Crippen LogP contribution in [0.25, 0.3) is 0 Å². The molecular weight excluding hydrogens is 346 g/mol. The Balaban J connectivity index is 1.36. The highest BCUT2D eigenvalue weighted by Gasteiger charge is 2.15. The number of anilines is 4. The monoisotopic (exact) mass is 373 g/mol. The van der Waals surface area contributed by atoms with Crippen molar-refractivity contribution in [3.63, 3.8) is 0 Å². The van der Waals surface area contributed by atoms with Gasteiger partial charge in [-0.1, -0.05) is 37.3 Å². The average Bonchev–Trinajstić information content (AvgIpc) is 2.75. The summed E-state index contributed by atoms with van der Waals surface area (Å²) < 4.78 is 0. The van der Waals surface area contributed by atoms with Gasteiger partial charge >= 0.3 is 0 Å². The first-order valence-electron chi connectivity index (χ1n) is 9.98. The first-order valence-corrected chi connectivity index (χ1v) is 9.98. The zero-order chi connectivity index (χ0) is 19.2. The summed E-state index contributed by atoms with van der Waals surface area (Å²) in [6, 6.07) is 20.8. The Hall–Kier alpha value is -3.08. The van der Waals surface area contributed by atoms with Gasteiger partial charge < -0.3 is 15.5 Å². The van der Waals surface area contributed by atoms with Gasteiger partial charge in [0.1, 0.15) is 18.0 Å². The number of piperidine rings is 1. The topological polar surface area (TPSA) is 53.1 Å². The fraction of sp³-hybridized carbons (Fsp3) is 0.304. The van der Waals surface area contributed by atoms with Gasteiger partial charge in [-0.2, -0.15) is 0 Å². The van der Waals surface area contributed by atoms with Crippen LogP contribution in [0.1, 0.15) is 25.3 Å². The molecule has 4 rings (SSSR count). The molecule has 1 aromatic heterocycles. The molecule has 1 fully saturated rings. The number of nitrogens with one attached hydrogen (secondary N) is 2. The van der Waals surface area contributed by atoms with Crippen molar-refractivity contribution in [1.29, 1.82) is 0 Å². The van der Waals surface area contributed by atoms with E-state index in [1.807, 2.05) is 24.3 Å². The molecule has 3 aromatic rings. The Bertz CT molecular complexity index is 871. The SMILES string of the molecule is CC1CCN(c2ccc(Nc3cc(NCc4ccccc4)ncn3)cc2)CC1. The largest absolute Gasteiger partial charge is 0.372 e. The zero-order valence-corrected chi connectivity index (χ0v) is 16.3. The van der Waals surface area contributed by atoms with Crippen LogP contribution >= 0.6 is 0 Å². The second-order valence-corrected chi connectivity index (χ2v) is 7.47. The van der Waals surface area contributed by atoms with Gasteiger partial charge in [-0.3, -0.25) is 0 Å². The van der Waals surface area contributed by atoms with Gasteiger partial charge in [-0.05, 0) is 48.6 Å². The quantitative estimate of drug-likeness (QED) is 0.632. The smallest absolute Gasteiger partial charge is 0.135 e. The minimum absolute atomic E-state index is 0.737. The van der Waals surface area contributed by atoms with Gasteiger partial charge in [-0.25, -0.2) is 9.97 Å². The second kappa shape index (κ2) is 8.74. The average molecular weight is 374 g/mol. The van der Waals surface area contributed by atoms with Crippen molar-refractivity contribution in [3.8, 4) is 0 Å². The van der Waals surface area contributed by atoms with Gasteiger partial charge in [0.25, 0.3) is 0 Å². The molecule has 2 N–H and O–H groups in total. The minimum atomic E-state index is 0.737. The predicted octanol–water partition coefficient (Wildman–Crippen LogP) is 5.07. The third kappa shape index (κ3) is 4.80. The van der Waals surface area contributed by atoms with E-state index in [0.717, 1.165) is 42.9 Å². The molecule has 0 spiro atoms. The van der Waals surface area contributed by atoms with Crippen molar-refractivity contribution in [3.05, 3.63) is 72.6 Å². The summed E-state index contributed by atoms with van der Waals surface area (Å²) in [6.45, 7) is 5.38. The van der Waals surface area contributed by atoms with Gasteiger partial charge in [0.15, 0.2) is 0 Å². The van der Waals surface area contributed by atoms with E-state index in [9.17, 15) is 0 Å². The zero-order valence-electron chi connectivity index (χ0n) is 16.3. The van der Waals surface area contributed by atoms with Crippen LogP contribution in [0.4, 0.5) is 23.0 Å². The Labute approximate surface area is 166 Å². The minimum Gasteiger partial charge on any atom is -0.372 e. The fourth-order valence-corrected chi connectivity index (χ4v) is 3.48.